The number of rotatable bonds is 3. The van der Waals surface area contributed by atoms with Crippen LogP contribution in [0.4, 0.5) is 0 Å². The molecule has 0 saturated carbocycles. The molecule has 1 amide bonds. The van der Waals surface area contributed by atoms with Gasteiger partial charge in [0.2, 0.25) is 5.91 Å². The van der Waals surface area contributed by atoms with Crippen molar-refractivity contribution in [2.75, 3.05) is 33.2 Å². The molecule has 82 valence electrons. The maximum Gasteiger partial charge on any atom is 0.235 e. The van der Waals surface area contributed by atoms with Gasteiger partial charge in [0.05, 0.1) is 0 Å². The maximum absolute atomic E-state index is 11.1. The van der Waals surface area contributed by atoms with Crippen LogP contribution in [-0.2, 0) is 4.79 Å². The van der Waals surface area contributed by atoms with Crippen molar-refractivity contribution in [2.24, 2.45) is 5.84 Å². The SMILES string of the molecule is CC(CC(=O)NN)N1CCN(C)CC1. The first-order valence-electron chi connectivity index (χ1n) is 5.05. The standard InChI is InChI=1S/C9H20N4O/c1-8(7-9(14)11-10)13-5-3-12(2)4-6-13/h8H,3-7,10H2,1-2H3,(H,11,14). The van der Waals surface area contributed by atoms with Crippen LogP contribution in [0.5, 0.6) is 0 Å². The van der Waals surface area contributed by atoms with E-state index < -0.39 is 0 Å². The monoisotopic (exact) mass is 200 g/mol. The van der Waals surface area contributed by atoms with Crippen LogP contribution >= 0.6 is 0 Å². The molecule has 1 heterocycles. The van der Waals surface area contributed by atoms with Gasteiger partial charge in [-0.05, 0) is 14.0 Å². The van der Waals surface area contributed by atoms with Crippen molar-refractivity contribution >= 4 is 5.91 Å². The molecule has 1 atom stereocenters. The molecule has 5 heteroatoms. The van der Waals surface area contributed by atoms with Crippen molar-refractivity contribution in [2.45, 2.75) is 19.4 Å². The fourth-order valence-corrected chi connectivity index (χ4v) is 1.72. The van der Waals surface area contributed by atoms with Crippen molar-refractivity contribution in [1.82, 2.24) is 15.2 Å². The second-order valence-electron chi connectivity index (χ2n) is 3.96. The van der Waals surface area contributed by atoms with Crippen molar-refractivity contribution in [3.63, 3.8) is 0 Å². The van der Waals surface area contributed by atoms with E-state index in [1.165, 1.54) is 0 Å². The third-order valence-corrected chi connectivity index (χ3v) is 2.80. The molecule has 1 rings (SSSR count). The molecule has 14 heavy (non-hydrogen) atoms. The number of likely N-dealkylation sites (N-methyl/N-ethyl adjacent to an activating group) is 1. The van der Waals surface area contributed by atoms with E-state index in [1.807, 2.05) is 0 Å². The van der Waals surface area contributed by atoms with Gasteiger partial charge in [0.1, 0.15) is 0 Å². The summed E-state index contributed by atoms with van der Waals surface area (Å²) in [5.41, 5.74) is 2.17. The molecule has 3 N–H and O–H groups in total. The van der Waals surface area contributed by atoms with Crippen molar-refractivity contribution in [1.29, 1.82) is 0 Å². The molecule has 1 saturated heterocycles. The fourth-order valence-electron chi connectivity index (χ4n) is 1.72. The molecule has 1 aliphatic heterocycles. The summed E-state index contributed by atoms with van der Waals surface area (Å²) in [7, 11) is 2.12. The van der Waals surface area contributed by atoms with Crippen molar-refractivity contribution in [3.05, 3.63) is 0 Å². The Hall–Kier alpha value is -0.650. The molecule has 0 aromatic rings. The van der Waals surface area contributed by atoms with Crippen LogP contribution in [0.2, 0.25) is 0 Å². The van der Waals surface area contributed by atoms with Crippen LogP contribution in [0.3, 0.4) is 0 Å². The van der Waals surface area contributed by atoms with E-state index in [0.29, 0.717) is 6.42 Å². The lowest BCUT2D eigenvalue weighted by Gasteiger charge is -2.36. The van der Waals surface area contributed by atoms with Crippen molar-refractivity contribution < 1.29 is 4.79 Å². The molecule has 1 unspecified atom stereocenters. The van der Waals surface area contributed by atoms with E-state index in [4.69, 9.17) is 5.84 Å². The lowest BCUT2D eigenvalue weighted by Crippen LogP contribution is -2.49. The zero-order valence-corrected chi connectivity index (χ0v) is 8.99. The summed E-state index contributed by atoms with van der Waals surface area (Å²) < 4.78 is 0. The molecule has 1 aliphatic rings. The Bertz CT molecular complexity index is 189. The number of hydrogen-bond donors (Lipinski definition) is 2. The molecule has 5 nitrogen and oxygen atoms in total. The number of hydrazine groups is 1. The van der Waals surface area contributed by atoms with Crippen LogP contribution in [-0.4, -0.2) is 55.0 Å². The Morgan fingerprint density at radius 1 is 1.43 bits per heavy atom. The van der Waals surface area contributed by atoms with Gasteiger partial charge in [0, 0.05) is 38.6 Å². The third kappa shape index (κ3) is 3.25. The van der Waals surface area contributed by atoms with Crippen LogP contribution < -0.4 is 11.3 Å². The van der Waals surface area contributed by atoms with Gasteiger partial charge in [-0.25, -0.2) is 5.84 Å². The molecule has 0 radical (unpaired) electrons. The predicted octanol–water partition coefficient (Wildman–Crippen LogP) is -0.998. The van der Waals surface area contributed by atoms with E-state index >= 15 is 0 Å². The van der Waals surface area contributed by atoms with Gasteiger partial charge in [-0.1, -0.05) is 0 Å². The van der Waals surface area contributed by atoms with Crippen molar-refractivity contribution in [3.8, 4) is 0 Å². The van der Waals surface area contributed by atoms with E-state index in [-0.39, 0.29) is 11.9 Å². The topological polar surface area (TPSA) is 61.6 Å². The molecular weight excluding hydrogens is 180 g/mol. The van der Waals surface area contributed by atoms with E-state index in [9.17, 15) is 4.79 Å². The average molecular weight is 200 g/mol. The highest BCUT2D eigenvalue weighted by molar-refractivity contribution is 5.75. The minimum atomic E-state index is -0.0866. The molecule has 0 aromatic carbocycles. The quantitative estimate of drug-likeness (QED) is 0.348. The first kappa shape index (κ1) is 11.4. The van der Waals surface area contributed by atoms with Gasteiger partial charge >= 0.3 is 0 Å². The third-order valence-electron chi connectivity index (χ3n) is 2.80. The van der Waals surface area contributed by atoms with Gasteiger partial charge in [0.25, 0.3) is 0 Å². The number of piperazine rings is 1. The normalized spacial score (nSPS) is 21.9. The molecule has 0 aromatic heterocycles. The number of nitrogens with one attached hydrogen (secondary N) is 1. The molecule has 1 fully saturated rings. The fraction of sp³-hybridized carbons (Fsp3) is 0.889. The van der Waals surface area contributed by atoms with Crippen LogP contribution in [0.1, 0.15) is 13.3 Å². The highest BCUT2D eigenvalue weighted by Crippen LogP contribution is 2.07. The number of carbonyl (C=O) groups excluding carboxylic acids is 1. The second-order valence-corrected chi connectivity index (χ2v) is 3.96. The number of amides is 1. The summed E-state index contributed by atoms with van der Waals surface area (Å²) in [5, 5.41) is 0. The lowest BCUT2D eigenvalue weighted by atomic mass is 10.1. The largest absolute Gasteiger partial charge is 0.304 e. The molecule has 0 spiro atoms. The summed E-state index contributed by atoms with van der Waals surface area (Å²) in [4.78, 5) is 15.7. The summed E-state index contributed by atoms with van der Waals surface area (Å²) >= 11 is 0. The summed E-state index contributed by atoms with van der Waals surface area (Å²) in [6, 6.07) is 0.284. The zero-order valence-electron chi connectivity index (χ0n) is 8.99. The van der Waals surface area contributed by atoms with Gasteiger partial charge < -0.3 is 4.90 Å². The Balaban J connectivity index is 2.30. The lowest BCUT2D eigenvalue weighted by molar-refractivity contribution is -0.122. The predicted molar refractivity (Wildman–Crippen MR) is 55.5 cm³/mol. The van der Waals surface area contributed by atoms with E-state index in [0.717, 1.165) is 26.2 Å². The minimum Gasteiger partial charge on any atom is -0.304 e. The molecule has 0 bridgehead atoms. The number of hydrogen-bond acceptors (Lipinski definition) is 4. The van der Waals surface area contributed by atoms with Crippen LogP contribution in [0.15, 0.2) is 0 Å². The number of carbonyl (C=O) groups is 1. The van der Waals surface area contributed by atoms with Gasteiger partial charge in [-0.3, -0.25) is 15.1 Å². The Labute approximate surface area is 85.2 Å². The molecule has 0 aliphatic carbocycles. The summed E-state index contributed by atoms with van der Waals surface area (Å²) in [5.74, 6) is 4.96. The van der Waals surface area contributed by atoms with E-state index in [1.54, 1.807) is 0 Å². The van der Waals surface area contributed by atoms with E-state index in [2.05, 4.69) is 29.2 Å². The van der Waals surface area contributed by atoms with Crippen LogP contribution in [0, 0.1) is 0 Å². The van der Waals surface area contributed by atoms with Gasteiger partial charge in [-0.2, -0.15) is 0 Å². The maximum atomic E-state index is 11.1. The molecular formula is C9H20N4O. The Morgan fingerprint density at radius 2 is 2.00 bits per heavy atom. The summed E-state index contributed by atoms with van der Waals surface area (Å²) in [6.45, 7) is 6.30. The Morgan fingerprint density at radius 3 is 2.50 bits per heavy atom. The highest BCUT2D eigenvalue weighted by atomic mass is 16.2. The zero-order chi connectivity index (χ0) is 10.6. The first-order chi connectivity index (χ1) is 6.63. The second kappa shape index (κ2) is 5.29. The highest BCUT2D eigenvalue weighted by Gasteiger charge is 2.20. The average Bonchev–Trinajstić information content (AvgIpc) is 2.18. The van der Waals surface area contributed by atoms with Gasteiger partial charge in [0.15, 0.2) is 0 Å². The smallest absolute Gasteiger partial charge is 0.235 e. The summed E-state index contributed by atoms with van der Waals surface area (Å²) in [6.07, 6.45) is 0.486. The van der Waals surface area contributed by atoms with Gasteiger partial charge in [-0.15, -0.1) is 0 Å². The minimum absolute atomic E-state index is 0.0866. The first-order valence-corrected chi connectivity index (χ1v) is 5.05. The Kier molecular flexibility index (Phi) is 4.31. The van der Waals surface area contributed by atoms with Crippen LogP contribution in [0.25, 0.3) is 0 Å². The number of nitrogens with zero attached hydrogens (tertiary/aromatic N) is 2. The number of nitrogens with two attached hydrogens (primary N) is 1.